The summed E-state index contributed by atoms with van der Waals surface area (Å²) in [6, 6.07) is 0.394. The lowest BCUT2D eigenvalue weighted by Gasteiger charge is -2.32. The Balaban J connectivity index is 2.75. The average Bonchev–Trinajstić information content (AvgIpc) is 2.23. The highest BCUT2D eigenvalue weighted by atomic mass is 16.4. The summed E-state index contributed by atoms with van der Waals surface area (Å²) in [4.78, 5) is 13.3. The molecule has 0 radical (unpaired) electrons. The lowest BCUT2D eigenvalue weighted by Crippen LogP contribution is -2.48. The van der Waals surface area contributed by atoms with Crippen LogP contribution in [0.4, 0.5) is 0 Å². The van der Waals surface area contributed by atoms with Gasteiger partial charge in [0.1, 0.15) is 0 Å². The summed E-state index contributed by atoms with van der Waals surface area (Å²) >= 11 is 0. The molecule has 88 valence electrons. The van der Waals surface area contributed by atoms with Gasteiger partial charge in [0, 0.05) is 31.2 Å². The maximum absolute atomic E-state index is 11.0. The molecule has 4 nitrogen and oxygen atoms in total. The van der Waals surface area contributed by atoms with Crippen LogP contribution in [0.15, 0.2) is 0 Å². The molecule has 1 aliphatic rings. The fraction of sp³-hybridized carbons (Fsp3) is 0.909. The Bertz CT molecular complexity index is 239. The van der Waals surface area contributed by atoms with E-state index in [0.29, 0.717) is 19.1 Å². The Morgan fingerprint density at radius 3 is 2.60 bits per heavy atom. The Kier molecular flexibility index (Phi) is 3.73. The van der Waals surface area contributed by atoms with E-state index in [2.05, 4.69) is 37.9 Å². The van der Waals surface area contributed by atoms with E-state index in [9.17, 15) is 4.79 Å². The summed E-state index contributed by atoms with van der Waals surface area (Å²) < 4.78 is 0. The zero-order valence-corrected chi connectivity index (χ0v) is 10.1. The van der Waals surface area contributed by atoms with Crippen LogP contribution in [0.5, 0.6) is 0 Å². The molecule has 0 aromatic rings. The molecule has 0 amide bonds. The molecule has 0 aromatic heterocycles. The van der Waals surface area contributed by atoms with E-state index in [4.69, 9.17) is 5.11 Å². The fourth-order valence-corrected chi connectivity index (χ4v) is 1.93. The normalized spacial score (nSPS) is 27.7. The predicted molar refractivity (Wildman–Crippen MR) is 59.9 cm³/mol. The number of aliphatic carboxylic acids is 1. The Morgan fingerprint density at radius 1 is 1.53 bits per heavy atom. The molecule has 0 saturated carbocycles. The maximum atomic E-state index is 11.0. The summed E-state index contributed by atoms with van der Waals surface area (Å²) in [7, 11) is 0. The number of hydrogen-bond acceptors (Lipinski definition) is 3. The third-order valence-corrected chi connectivity index (χ3v) is 2.96. The Hall–Kier alpha value is -0.610. The van der Waals surface area contributed by atoms with Gasteiger partial charge >= 0.3 is 5.97 Å². The zero-order chi connectivity index (χ0) is 11.6. The van der Waals surface area contributed by atoms with E-state index < -0.39 is 5.97 Å². The monoisotopic (exact) mass is 214 g/mol. The number of nitrogens with one attached hydrogen (secondary N) is 1. The van der Waals surface area contributed by atoms with Crippen LogP contribution in [0.2, 0.25) is 0 Å². The van der Waals surface area contributed by atoms with E-state index in [0.717, 1.165) is 6.54 Å². The topological polar surface area (TPSA) is 52.6 Å². The molecule has 0 aliphatic carbocycles. The van der Waals surface area contributed by atoms with Gasteiger partial charge < -0.3 is 10.4 Å². The van der Waals surface area contributed by atoms with Crippen molar-refractivity contribution in [1.29, 1.82) is 0 Å². The molecule has 0 spiro atoms. The molecular weight excluding hydrogens is 192 g/mol. The van der Waals surface area contributed by atoms with Crippen molar-refractivity contribution in [1.82, 2.24) is 10.2 Å². The van der Waals surface area contributed by atoms with Gasteiger partial charge in [-0.15, -0.1) is 0 Å². The molecule has 1 saturated heterocycles. The fourth-order valence-electron chi connectivity index (χ4n) is 1.93. The van der Waals surface area contributed by atoms with Gasteiger partial charge in [-0.3, -0.25) is 9.69 Å². The first-order valence-electron chi connectivity index (χ1n) is 5.54. The summed E-state index contributed by atoms with van der Waals surface area (Å²) in [5.41, 5.74) is -0.00549. The van der Waals surface area contributed by atoms with Gasteiger partial charge in [-0.2, -0.15) is 0 Å². The molecule has 2 N–H and O–H groups in total. The summed E-state index contributed by atoms with van der Waals surface area (Å²) in [6.45, 7) is 10.6. The largest absolute Gasteiger partial charge is 0.481 e. The molecule has 1 atom stereocenters. The van der Waals surface area contributed by atoms with Crippen LogP contribution in [0.3, 0.4) is 0 Å². The van der Waals surface area contributed by atoms with Gasteiger partial charge in [-0.05, 0) is 27.7 Å². The lowest BCUT2D eigenvalue weighted by atomic mass is 10.1. The first-order chi connectivity index (χ1) is 6.82. The molecule has 1 heterocycles. The van der Waals surface area contributed by atoms with Crippen molar-refractivity contribution in [3.05, 3.63) is 0 Å². The van der Waals surface area contributed by atoms with Crippen molar-refractivity contribution in [2.45, 2.75) is 39.3 Å². The highest BCUT2D eigenvalue weighted by Crippen LogP contribution is 2.16. The van der Waals surface area contributed by atoms with Crippen molar-refractivity contribution in [2.24, 2.45) is 5.92 Å². The summed E-state index contributed by atoms with van der Waals surface area (Å²) in [5.74, 6) is -1.000. The standard InChI is InChI=1S/C11H22N2O2/c1-8(2)13-6-9(10(14)15)5-12-11(3,4)7-13/h8-9,12H,5-7H2,1-4H3,(H,14,15). The van der Waals surface area contributed by atoms with E-state index in [1.807, 2.05) is 0 Å². The molecule has 4 heteroatoms. The second-order valence-electron chi connectivity index (χ2n) is 5.32. The van der Waals surface area contributed by atoms with Crippen LogP contribution in [-0.4, -0.2) is 47.2 Å². The smallest absolute Gasteiger partial charge is 0.309 e. The molecule has 1 unspecified atom stereocenters. The van der Waals surface area contributed by atoms with Crippen molar-refractivity contribution < 1.29 is 9.90 Å². The van der Waals surface area contributed by atoms with Crippen molar-refractivity contribution in [3.63, 3.8) is 0 Å². The second kappa shape index (κ2) is 4.49. The molecule has 1 rings (SSSR count). The highest BCUT2D eigenvalue weighted by Gasteiger charge is 2.32. The predicted octanol–water partition coefficient (Wildman–Crippen LogP) is 0.779. The van der Waals surface area contributed by atoms with E-state index in [-0.39, 0.29) is 11.5 Å². The van der Waals surface area contributed by atoms with E-state index in [1.165, 1.54) is 0 Å². The second-order valence-corrected chi connectivity index (χ2v) is 5.32. The quantitative estimate of drug-likeness (QED) is 0.713. The first-order valence-corrected chi connectivity index (χ1v) is 5.54. The minimum absolute atomic E-state index is 0.00549. The SMILES string of the molecule is CC(C)N1CC(C(=O)O)CNC(C)(C)C1. The van der Waals surface area contributed by atoms with Crippen molar-refractivity contribution in [3.8, 4) is 0 Å². The van der Waals surface area contributed by atoms with Gasteiger partial charge in [-0.1, -0.05) is 0 Å². The van der Waals surface area contributed by atoms with Crippen LogP contribution in [0.25, 0.3) is 0 Å². The number of carboxylic acid groups (broad SMARTS) is 1. The van der Waals surface area contributed by atoms with Crippen LogP contribution < -0.4 is 5.32 Å². The van der Waals surface area contributed by atoms with Gasteiger partial charge in [0.05, 0.1) is 5.92 Å². The Labute approximate surface area is 91.6 Å². The van der Waals surface area contributed by atoms with Crippen LogP contribution in [0, 0.1) is 5.92 Å². The zero-order valence-electron chi connectivity index (χ0n) is 10.1. The van der Waals surface area contributed by atoms with Gasteiger partial charge in [0.15, 0.2) is 0 Å². The molecule has 1 fully saturated rings. The maximum Gasteiger partial charge on any atom is 0.309 e. The van der Waals surface area contributed by atoms with E-state index >= 15 is 0 Å². The van der Waals surface area contributed by atoms with Gasteiger partial charge in [0.25, 0.3) is 0 Å². The Morgan fingerprint density at radius 2 is 2.13 bits per heavy atom. The number of hydrogen-bond donors (Lipinski definition) is 2. The highest BCUT2D eigenvalue weighted by molar-refractivity contribution is 5.70. The molecular formula is C11H22N2O2. The minimum Gasteiger partial charge on any atom is -0.481 e. The third kappa shape index (κ3) is 3.47. The lowest BCUT2D eigenvalue weighted by molar-refractivity contribution is -0.142. The molecule has 0 bridgehead atoms. The average molecular weight is 214 g/mol. The summed E-state index contributed by atoms with van der Waals surface area (Å²) in [5, 5.41) is 12.4. The van der Waals surface area contributed by atoms with E-state index in [1.54, 1.807) is 0 Å². The summed E-state index contributed by atoms with van der Waals surface area (Å²) in [6.07, 6.45) is 0. The van der Waals surface area contributed by atoms with Crippen LogP contribution in [0.1, 0.15) is 27.7 Å². The molecule has 0 aromatic carbocycles. The van der Waals surface area contributed by atoms with Gasteiger partial charge in [0.2, 0.25) is 0 Å². The minimum atomic E-state index is -0.703. The number of nitrogens with zero attached hydrogens (tertiary/aromatic N) is 1. The number of carbonyl (C=O) groups is 1. The molecule has 1 aliphatic heterocycles. The van der Waals surface area contributed by atoms with Crippen molar-refractivity contribution in [2.75, 3.05) is 19.6 Å². The van der Waals surface area contributed by atoms with Crippen LogP contribution >= 0.6 is 0 Å². The number of rotatable bonds is 2. The molecule has 15 heavy (non-hydrogen) atoms. The number of carboxylic acids is 1. The van der Waals surface area contributed by atoms with Crippen molar-refractivity contribution >= 4 is 5.97 Å². The first kappa shape index (κ1) is 12.5. The van der Waals surface area contributed by atoms with Crippen LogP contribution in [-0.2, 0) is 4.79 Å². The van der Waals surface area contributed by atoms with Gasteiger partial charge in [-0.25, -0.2) is 0 Å². The third-order valence-electron chi connectivity index (χ3n) is 2.96.